The van der Waals surface area contributed by atoms with E-state index in [4.69, 9.17) is 0 Å². The van der Waals surface area contributed by atoms with E-state index in [1.165, 1.54) is 52.0 Å². The summed E-state index contributed by atoms with van der Waals surface area (Å²) >= 11 is 0. The molecule has 0 aromatic heterocycles. The Bertz CT molecular complexity index is 233. The summed E-state index contributed by atoms with van der Waals surface area (Å²) in [7, 11) is 0. The molecule has 3 aliphatic rings. The zero-order valence-corrected chi connectivity index (χ0v) is 11.2. The number of nitrogens with one attached hydrogen (secondary N) is 1. The van der Waals surface area contributed by atoms with Gasteiger partial charge in [0.25, 0.3) is 0 Å². The molecule has 2 heteroatoms. The Morgan fingerprint density at radius 1 is 0.882 bits per heavy atom. The Morgan fingerprint density at radius 2 is 1.65 bits per heavy atom. The topological polar surface area (TPSA) is 15.3 Å². The Balaban J connectivity index is 1.48. The molecule has 1 N–H and O–H groups in total. The summed E-state index contributed by atoms with van der Waals surface area (Å²) in [5.41, 5.74) is 0. The van der Waals surface area contributed by atoms with Gasteiger partial charge in [-0.3, -0.25) is 0 Å². The lowest BCUT2D eigenvalue weighted by Crippen LogP contribution is -2.46. The van der Waals surface area contributed by atoms with Crippen molar-refractivity contribution in [2.24, 2.45) is 17.8 Å². The molecule has 3 atom stereocenters. The summed E-state index contributed by atoms with van der Waals surface area (Å²) in [6.45, 7) is 6.37. The van der Waals surface area contributed by atoms with Gasteiger partial charge in [0.15, 0.2) is 0 Å². The third-order valence-electron chi connectivity index (χ3n) is 5.37. The quantitative estimate of drug-likeness (QED) is 0.792. The van der Waals surface area contributed by atoms with Crippen LogP contribution in [0.1, 0.15) is 44.9 Å². The Morgan fingerprint density at radius 3 is 2.47 bits per heavy atom. The molecule has 0 aromatic rings. The molecule has 98 valence electrons. The second-order valence-electron chi connectivity index (χ2n) is 6.53. The maximum absolute atomic E-state index is 3.46. The van der Waals surface area contributed by atoms with Crippen molar-refractivity contribution in [3.63, 3.8) is 0 Å². The number of piperazine rings is 1. The Labute approximate surface area is 106 Å². The van der Waals surface area contributed by atoms with Crippen LogP contribution < -0.4 is 5.32 Å². The van der Waals surface area contributed by atoms with E-state index in [1.807, 2.05) is 0 Å². The minimum absolute atomic E-state index is 1.02. The second kappa shape index (κ2) is 5.71. The lowest BCUT2D eigenvalue weighted by molar-refractivity contribution is 0.0986. The molecule has 0 bridgehead atoms. The number of hydrogen-bond acceptors (Lipinski definition) is 2. The van der Waals surface area contributed by atoms with E-state index in [0.717, 1.165) is 17.8 Å². The van der Waals surface area contributed by atoms with Crippen LogP contribution >= 0.6 is 0 Å². The van der Waals surface area contributed by atoms with Gasteiger partial charge in [0.1, 0.15) is 0 Å². The summed E-state index contributed by atoms with van der Waals surface area (Å²) in [4.78, 5) is 2.70. The molecule has 1 saturated heterocycles. The molecule has 17 heavy (non-hydrogen) atoms. The predicted octanol–water partition coefficient (Wildman–Crippen LogP) is 2.50. The molecule has 1 heterocycles. The molecule has 0 spiro atoms. The lowest BCUT2D eigenvalue weighted by Gasteiger charge is -2.41. The third-order valence-corrected chi connectivity index (χ3v) is 5.37. The monoisotopic (exact) mass is 236 g/mol. The van der Waals surface area contributed by atoms with Gasteiger partial charge in [0.2, 0.25) is 0 Å². The molecule has 0 aromatic carbocycles. The average molecular weight is 236 g/mol. The molecular weight excluding hydrogens is 208 g/mol. The van der Waals surface area contributed by atoms with Crippen LogP contribution in [0.4, 0.5) is 0 Å². The fraction of sp³-hybridized carbons (Fsp3) is 1.00. The van der Waals surface area contributed by atoms with Crippen molar-refractivity contribution in [3.05, 3.63) is 0 Å². The van der Waals surface area contributed by atoms with Crippen LogP contribution in [0.5, 0.6) is 0 Å². The van der Waals surface area contributed by atoms with Gasteiger partial charge in [0.05, 0.1) is 0 Å². The highest BCUT2D eigenvalue weighted by Gasteiger charge is 2.32. The Kier molecular flexibility index (Phi) is 4.02. The smallest absolute Gasteiger partial charge is 0.0107 e. The number of hydrogen-bond donors (Lipinski definition) is 1. The normalized spacial score (nSPS) is 39.9. The van der Waals surface area contributed by atoms with Gasteiger partial charge in [-0.25, -0.2) is 0 Å². The first-order valence-electron chi connectivity index (χ1n) is 7.85. The molecular formula is C15H28N2. The zero-order valence-electron chi connectivity index (χ0n) is 11.2. The largest absolute Gasteiger partial charge is 0.314 e. The minimum atomic E-state index is 1.02. The van der Waals surface area contributed by atoms with Gasteiger partial charge in [-0.2, -0.15) is 0 Å². The molecule has 2 saturated carbocycles. The summed E-state index contributed by atoms with van der Waals surface area (Å²) in [5.74, 6) is 3.24. The van der Waals surface area contributed by atoms with E-state index in [-0.39, 0.29) is 0 Å². The maximum Gasteiger partial charge on any atom is 0.0107 e. The minimum Gasteiger partial charge on any atom is -0.314 e. The van der Waals surface area contributed by atoms with Crippen LogP contribution in [-0.4, -0.2) is 37.6 Å². The van der Waals surface area contributed by atoms with E-state index in [0.29, 0.717) is 0 Å². The summed E-state index contributed by atoms with van der Waals surface area (Å²) in [5, 5.41) is 3.46. The van der Waals surface area contributed by atoms with Crippen molar-refractivity contribution in [1.82, 2.24) is 10.2 Å². The van der Waals surface area contributed by atoms with Crippen LogP contribution in [-0.2, 0) is 0 Å². The third kappa shape index (κ3) is 3.03. The van der Waals surface area contributed by atoms with Gasteiger partial charge >= 0.3 is 0 Å². The second-order valence-corrected chi connectivity index (χ2v) is 6.53. The van der Waals surface area contributed by atoms with Crippen LogP contribution in [0.2, 0.25) is 0 Å². The van der Waals surface area contributed by atoms with Gasteiger partial charge < -0.3 is 10.2 Å². The molecule has 3 rings (SSSR count). The highest BCUT2D eigenvalue weighted by Crippen LogP contribution is 2.42. The summed E-state index contributed by atoms with van der Waals surface area (Å²) in [6.07, 6.45) is 10.7. The molecule has 2 nitrogen and oxygen atoms in total. The van der Waals surface area contributed by atoms with E-state index in [1.54, 1.807) is 25.7 Å². The fourth-order valence-corrected chi connectivity index (χ4v) is 4.40. The van der Waals surface area contributed by atoms with Crippen LogP contribution in [0.15, 0.2) is 0 Å². The van der Waals surface area contributed by atoms with Crippen molar-refractivity contribution < 1.29 is 0 Å². The van der Waals surface area contributed by atoms with Crippen molar-refractivity contribution >= 4 is 0 Å². The van der Waals surface area contributed by atoms with E-state index >= 15 is 0 Å². The first-order valence-corrected chi connectivity index (χ1v) is 7.85. The van der Waals surface area contributed by atoms with Gasteiger partial charge in [-0.15, -0.1) is 0 Å². The zero-order chi connectivity index (χ0) is 11.5. The first kappa shape index (κ1) is 12.0. The van der Waals surface area contributed by atoms with Crippen molar-refractivity contribution in [2.75, 3.05) is 32.7 Å². The van der Waals surface area contributed by atoms with E-state index in [9.17, 15) is 0 Å². The Hall–Kier alpha value is -0.0800. The lowest BCUT2D eigenvalue weighted by atomic mass is 9.67. The first-order chi connectivity index (χ1) is 8.42. The number of rotatable bonds is 2. The van der Waals surface area contributed by atoms with Crippen molar-refractivity contribution in [3.8, 4) is 0 Å². The van der Waals surface area contributed by atoms with Gasteiger partial charge in [0, 0.05) is 32.7 Å². The van der Waals surface area contributed by atoms with Crippen molar-refractivity contribution in [1.29, 1.82) is 0 Å². The summed E-state index contributed by atoms with van der Waals surface area (Å²) in [6, 6.07) is 0. The molecule has 3 unspecified atom stereocenters. The standard InChI is InChI=1S/C15H28N2/c1-2-4-15-11-13(5-6-14(15)3-1)12-17-9-7-16-8-10-17/h13-16H,1-12H2. The SMILES string of the molecule is C1CCC2CC(CN3CCNCC3)CCC2C1. The molecule has 1 aliphatic heterocycles. The summed E-state index contributed by atoms with van der Waals surface area (Å²) < 4.78 is 0. The molecule has 2 aliphatic carbocycles. The van der Waals surface area contributed by atoms with Crippen LogP contribution in [0.3, 0.4) is 0 Å². The highest BCUT2D eigenvalue weighted by molar-refractivity contribution is 4.85. The van der Waals surface area contributed by atoms with Gasteiger partial charge in [-0.1, -0.05) is 25.7 Å². The molecule has 0 amide bonds. The van der Waals surface area contributed by atoms with Gasteiger partial charge in [-0.05, 0) is 37.0 Å². The fourth-order valence-electron chi connectivity index (χ4n) is 4.40. The predicted molar refractivity (Wildman–Crippen MR) is 72.1 cm³/mol. The number of nitrogens with zero attached hydrogens (tertiary/aromatic N) is 1. The molecule has 3 fully saturated rings. The van der Waals surface area contributed by atoms with E-state index in [2.05, 4.69) is 10.2 Å². The highest BCUT2D eigenvalue weighted by atomic mass is 15.2. The van der Waals surface area contributed by atoms with Crippen LogP contribution in [0, 0.1) is 17.8 Å². The molecule has 0 radical (unpaired) electrons. The van der Waals surface area contributed by atoms with E-state index < -0.39 is 0 Å². The van der Waals surface area contributed by atoms with Crippen molar-refractivity contribution in [2.45, 2.75) is 44.9 Å². The maximum atomic E-state index is 3.46. The number of fused-ring (bicyclic) bond motifs is 1. The van der Waals surface area contributed by atoms with Crippen LogP contribution in [0.25, 0.3) is 0 Å². The average Bonchev–Trinajstić information content (AvgIpc) is 2.40.